The van der Waals surface area contributed by atoms with E-state index in [2.05, 4.69) is 23.5 Å². The molecule has 0 amide bonds. The number of nitrogens with two attached hydrogens (primary N) is 1. The summed E-state index contributed by atoms with van der Waals surface area (Å²) in [7, 11) is -1.63. The van der Waals surface area contributed by atoms with Crippen LogP contribution in [-0.2, 0) is 10.0 Å². The largest absolute Gasteiger partial charge is 0.361 e. The zero-order valence-corrected chi connectivity index (χ0v) is 13.5. The van der Waals surface area contributed by atoms with Crippen LogP contribution in [0.3, 0.4) is 0 Å². The summed E-state index contributed by atoms with van der Waals surface area (Å²) >= 11 is 0. The fourth-order valence-corrected chi connectivity index (χ4v) is 3.59. The van der Waals surface area contributed by atoms with Gasteiger partial charge in [0.2, 0.25) is 10.0 Å². The summed E-state index contributed by atoms with van der Waals surface area (Å²) in [5, 5.41) is 6.25. The molecule has 6 heteroatoms. The molecule has 3 rings (SSSR count). The molecule has 0 unspecified atom stereocenters. The fraction of sp³-hybridized carbons (Fsp3) is 0.375. The number of nitrogens with one attached hydrogen (secondary N) is 1. The molecule has 2 heterocycles. The number of hydrogen-bond donors (Lipinski definition) is 2. The number of H-pyrrole nitrogens is 1. The molecule has 0 radical (unpaired) electrons. The van der Waals surface area contributed by atoms with Crippen LogP contribution in [0.15, 0.2) is 31.0 Å². The normalized spacial score (nSPS) is 17.9. The number of sulfonamides is 1. The Morgan fingerprint density at radius 1 is 1.36 bits per heavy atom. The van der Waals surface area contributed by atoms with Gasteiger partial charge >= 0.3 is 0 Å². The highest BCUT2D eigenvalue weighted by Crippen LogP contribution is 2.34. The van der Waals surface area contributed by atoms with Gasteiger partial charge in [-0.25, -0.2) is 13.6 Å². The van der Waals surface area contributed by atoms with Crippen molar-refractivity contribution in [2.75, 3.05) is 20.1 Å². The first-order valence-electron chi connectivity index (χ1n) is 7.38. The Bertz CT molecular complexity index is 815. The summed E-state index contributed by atoms with van der Waals surface area (Å²) < 4.78 is 23.0. The summed E-state index contributed by atoms with van der Waals surface area (Å²) in [6.45, 7) is 5.78. The second-order valence-electron chi connectivity index (χ2n) is 6.05. The maximum absolute atomic E-state index is 11.5. The van der Waals surface area contributed by atoms with Gasteiger partial charge in [-0.2, -0.15) is 0 Å². The number of likely N-dealkylation sites (tertiary alicyclic amines) is 1. The molecule has 1 aliphatic heterocycles. The monoisotopic (exact) mass is 319 g/mol. The van der Waals surface area contributed by atoms with Gasteiger partial charge in [-0.3, -0.25) is 0 Å². The summed E-state index contributed by atoms with van der Waals surface area (Å²) in [6, 6.07) is 5.51. The molecule has 118 valence electrons. The van der Waals surface area contributed by atoms with Crippen LogP contribution in [0.25, 0.3) is 15.8 Å². The van der Waals surface area contributed by atoms with E-state index in [0.29, 0.717) is 11.5 Å². The Balaban J connectivity index is 2.01. The molecule has 5 nitrogen and oxygen atoms in total. The number of fused-ring (bicyclic) bond motifs is 1. The molecule has 0 aliphatic carbocycles. The van der Waals surface area contributed by atoms with Crippen LogP contribution >= 0.6 is 0 Å². The maximum atomic E-state index is 11.5. The van der Waals surface area contributed by atoms with Crippen LogP contribution in [0.2, 0.25) is 0 Å². The van der Waals surface area contributed by atoms with Gasteiger partial charge in [0.05, 0.1) is 4.91 Å². The van der Waals surface area contributed by atoms with Crippen molar-refractivity contribution in [3.63, 3.8) is 0 Å². The van der Waals surface area contributed by atoms with Crippen LogP contribution in [0, 0.1) is 0 Å². The third-order valence-corrected chi connectivity index (χ3v) is 5.46. The minimum Gasteiger partial charge on any atom is -0.361 e. The molecule has 3 N–H and O–H groups in total. The van der Waals surface area contributed by atoms with Gasteiger partial charge in [-0.15, -0.1) is 0 Å². The fourth-order valence-electron chi connectivity index (χ4n) is 3.14. The van der Waals surface area contributed by atoms with Gasteiger partial charge in [0.15, 0.2) is 0 Å². The lowest BCUT2D eigenvalue weighted by Gasteiger charge is -2.28. The quantitative estimate of drug-likeness (QED) is 0.910. The SMILES string of the molecule is C=C(c1ccc2[nH]cc(C3CCN(C)CC3)c2c1)S(N)(=O)=O. The van der Waals surface area contributed by atoms with E-state index in [1.54, 1.807) is 6.07 Å². The first kappa shape index (κ1) is 15.3. The van der Waals surface area contributed by atoms with Crippen LogP contribution in [0.1, 0.15) is 29.9 Å². The van der Waals surface area contributed by atoms with E-state index in [0.717, 1.165) is 36.8 Å². The molecule has 1 aliphatic rings. The lowest BCUT2D eigenvalue weighted by Crippen LogP contribution is -2.29. The van der Waals surface area contributed by atoms with Gasteiger partial charge < -0.3 is 9.88 Å². The number of piperidine rings is 1. The molecule has 1 fully saturated rings. The van der Waals surface area contributed by atoms with Crippen molar-refractivity contribution >= 4 is 25.8 Å². The van der Waals surface area contributed by atoms with E-state index in [1.165, 1.54) is 5.56 Å². The Kier molecular flexibility index (Phi) is 3.84. The average Bonchev–Trinajstić information content (AvgIpc) is 2.89. The van der Waals surface area contributed by atoms with Crippen molar-refractivity contribution in [2.45, 2.75) is 18.8 Å². The average molecular weight is 319 g/mol. The highest BCUT2D eigenvalue weighted by atomic mass is 32.2. The van der Waals surface area contributed by atoms with Gasteiger partial charge in [-0.1, -0.05) is 12.6 Å². The molecule has 1 aromatic heterocycles. The Morgan fingerprint density at radius 2 is 2.05 bits per heavy atom. The van der Waals surface area contributed by atoms with Crippen molar-refractivity contribution < 1.29 is 8.42 Å². The number of aromatic amines is 1. The Labute approximate surface area is 130 Å². The lowest BCUT2D eigenvalue weighted by atomic mass is 9.89. The molecule has 1 aromatic carbocycles. The van der Waals surface area contributed by atoms with Crippen LogP contribution in [0.5, 0.6) is 0 Å². The Hall–Kier alpha value is -1.63. The summed E-state index contributed by atoms with van der Waals surface area (Å²) in [5.41, 5.74) is 2.83. The molecule has 0 saturated carbocycles. The topological polar surface area (TPSA) is 79.2 Å². The van der Waals surface area contributed by atoms with Crippen LogP contribution in [-0.4, -0.2) is 38.4 Å². The van der Waals surface area contributed by atoms with Gasteiger partial charge in [0.25, 0.3) is 0 Å². The van der Waals surface area contributed by atoms with Crippen molar-refractivity contribution in [2.24, 2.45) is 5.14 Å². The summed E-state index contributed by atoms with van der Waals surface area (Å²) in [4.78, 5) is 5.57. The first-order valence-corrected chi connectivity index (χ1v) is 8.92. The smallest absolute Gasteiger partial charge is 0.238 e. The summed E-state index contributed by atoms with van der Waals surface area (Å²) in [6.07, 6.45) is 4.28. The molecule has 22 heavy (non-hydrogen) atoms. The van der Waals surface area contributed by atoms with Gasteiger partial charge in [0.1, 0.15) is 0 Å². The van der Waals surface area contributed by atoms with Gasteiger partial charge in [0, 0.05) is 17.1 Å². The molecule has 0 bridgehead atoms. The maximum Gasteiger partial charge on any atom is 0.238 e. The van der Waals surface area contributed by atoms with E-state index in [-0.39, 0.29) is 4.91 Å². The Morgan fingerprint density at radius 3 is 2.68 bits per heavy atom. The van der Waals surface area contributed by atoms with Crippen molar-refractivity contribution in [1.29, 1.82) is 0 Å². The van der Waals surface area contributed by atoms with Crippen molar-refractivity contribution in [3.8, 4) is 0 Å². The van der Waals surface area contributed by atoms with Crippen molar-refractivity contribution in [3.05, 3.63) is 42.1 Å². The number of benzene rings is 1. The molecule has 1 saturated heterocycles. The highest BCUT2D eigenvalue weighted by Gasteiger charge is 2.21. The van der Waals surface area contributed by atoms with E-state index in [1.807, 2.05) is 18.3 Å². The van der Waals surface area contributed by atoms with Crippen molar-refractivity contribution in [1.82, 2.24) is 9.88 Å². The second-order valence-corrected chi connectivity index (χ2v) is 7.63. The van der Waals surface area contributed by atoms with Crippen LogP contribution < -0.4 is 5.14 Å². The first-order chi connectivity index (χ1) is 10.4. The molecule has 0 atom stereocenters. The number of aromatic nitrogens is 1. The lowest BCUT2D eigenvalue weighted by molar-refractivity contribution is 0.256. The predicted molar refractivity (Wildman–Crippen MR) is 89.9 cm³/mol. The van der Waals surface area contributed by atoms with Crippen LogP contribution in [0.4, 0.5) is 0 Å². The number of hydrogen-bond acceptors (Lipinski definition) is 3. The zero-order chi connectivity index (χ0) is 15.9. The standard InChI is InChI=1S/C16H21N3O2S/c1-11(22(17,20)21)13-3-4-16-14(9-13)15(10-18-16)12-5-7-19(2)8-6-12/h3-4,9-10,12,18H,1,5-8H2,2H3,(H2,17,20,21). The van der Waals surface area contributed by atoms with E-state index in [9.17, 15) is 8.42 Å². The predicted octanol–water partition coefficient (Wildman–Crippen LogP) is 2.24. The third-order valence-electron chi connectivity index (χ3n) is 4.54. The zero-order valence-electron chi connectivity index (χ0n) is 12.7. The summed E-state index contributed by atoms with van der Waals surface area (Å²) in [5.74, 6) is 0.503. The molecule has 0 spiro atoms. The number of primary sulfonamides is 1. The second kappa shape index (κ2) is 5.53. The third kappa shape index (κ3) is 2.82. The minimum atomic E-state index is -3.76. The minimum absolute atomic E-state index is 0.0371. The van der Waals surface area contributed by atoms with E-state index < -0.39 is 10.0 Å². The van der Waals surface area contributed by atoms with Gasteiger partial charge in [-0.05, 0) is 62.2 Å². The highest BCUT2D eigenvalue weighted by molar-refractivity contribution is 7.98. The molecular formula is C16H21N3O2S. The molecular weight excluding hydrogens is 298 g/mol. The van der Waals surface area contributed by atoms with E-state index >= 15 is 0 Å². The number of nitrogens with zero attached hydrogens (tertiary/aromatic N) is 1. The molecule has 2 aromatic rings. The van der Waals surface area contributed by atoms with E-state index in [4.69, 9.17) is 5.14 Å². The number of rotatable bonds is 3.